The first-order valence-electron chi connectivity index (χ1n) is 4.04. The van der Waals surface area contributed by atoms with E-state index < -0.39 is 0 Å². The number of aromatic nitrogens is 1. The number of halogens is 2. The van der Waals surface area contributed by atoms with Crippen LogP contribution in [0, 0.1) is 6.92 Å². The molecular weight excluding hydrogens is 237 g/mol. The summed E-state index contributed by atoms with van der Waals surface area (Å²) in [6.07, 6.45) is 0. The molecule has 1 aromatic carbocycles. The lowest BCUT2D eigenvalue weighted by molar-refractivity contribution is 1.38. The predicted octanol–water partition coefficient (Wildman–Crippen LogP) is 4.43. The Balaban J connectivity index is 2.58. The molecule has 0 atom stereocenters. The molecule has 0 aliphatic heterocycles. The van der Waals surface area contributed by atoms with Crippen molar-refractivity contribution in [1.82, 2.24) is 4.98 Å². The average molecular weight is 244 g/mol. The van der Waals surface area contributed by atoms with Crippen LogP contribution in [-0.4, -0.2) is 4.98 Å². The summed E-state index contributed by atoms with van der Waals surface area (Å²) in [5, 5.41) is 1.29. The summed E-state index contributed by atoms with van der Waals surface area (Å²) in [6.45, 7) is 2.03. The van der Waals surface area contributed by atoms with Gasteiger partial charge in [0.25, 0.3) is 0 Å². The predicted molar refractivity (Wildman–Crippen MR) is 62.3 cm³/mol. The Morgan fingerprint density at radius 2 is 2.07 bits per heavy atom. The molecule has 0 bridgehead atoms. The standard InChI is InChI=1S/C10H7Cl2NS/c1-6-10(13-5-14-6)8-3-2-7(11)4-9(8)12/h2-5H,1H3. The van der Waals surface area contributed by atoms with E-state index in [1.54, 1.807) is 17.4 Å². The molecule has 0 spiro atoms. The fourth-order valence-corrected chi connectivity index (χ4v) is 2.33. The maximum Gasteiger partial charge on any atom is 0.0855 e. The third kappa shape index (κ3) is 1.78. The zero-order valence-corrected chi connectivity index (χ0v) is 9.75. The summed E-state index contributed by atoms with van der Waals surface area (Å²) in [4.78, 5) is 5.43. The van der Waals surface area contributed by atoms with Crippen LogP contribution in [0.15, 0.2) is 23.7 Å². The van der Waals surface area contributed by atoms with Gasteiger partial charge in [-0.25, -0.2) is 4.98 Å². The van der Waals surface area contributed by atoms with Crippen LogP contribution in [0.5, 0.6) is 0 Å². The zero-order valence-electron chi connectivity index (χ0n) is 7.42. The smallest absolute Gasteiger partial charge is 0.0855 e. The summed E-state index contributed by atoms with van der Waals surface area (Å²) in [7, 11) is 0. The number of nitrogens with zero attached hydrogens (tertiary/aromatic N) is 1. The number of rotatable bonds is 1. The van der Waals surface area contributed by atoms with Gasteiger partial charge in [0.05, 0.1) is 16.2 Å². The van der Waals surface area contributed by atoms with Gasteiger partial charge < -0.3 is 0 Å². The van der Waals surface area contributed by atoms with Crippen molar-refractivity contribution in [2.24, 2.45) is 0 Å². The number of thiazole rings is 1. The van der Waals surface area contributed by atoms with Crippen molar-refractivity contribution in [1.29, 1.82) is 0 Å². The third-order valence-electron chi connectivity index (χ3n) is 1.93. The maximum atomic E-state index is 6.07. The molecule has 4 heteroatoms. The van der Waals surface area contributed by atoms with Crippen LogP contribution in [-0.2, 0) is 0 Å². The summed E-state index contributed by atoms with van der Waals surface area (Å²) in [5.74, 6) is 0. The van der Waals surface area contributed by atoms with Gasteiger partial charge in [-0.15, -0.1) is 11.3 Å². The van der Waals surface area contributed by atoms with Crippen LogP contribution in [0.25, 0.3) is 11.3 Å². The minimum atomic E-state index is 0.645. The second kappa shape index (κ2) is 3.89. The molecule has 1 nitrogen and oxygen atoms in total. The second-order valence-corrected chi connectivity index (χ2v) is 4.78. The van der Waals surface area contributed by atoms with E-state index in [9.17, 15) is 0 Å². The fraction of sp³-hybridized carbons (Fsp3) is 0.100. The average Bonchev–Trinajstić information content (AvgIpc) is 2.52. The van der Waals surface area contributed by atoms with Gasteiger partial charge in [0.2, 0.25) is 0 Å². The van der Waals surface area contributed by atoms with Crippen LogP contribution in [0.4, 0.5) is 0 Å². The van der Waals surface area contributed by atoms with Crippen molar-refractivity contribution in [3.8, 4) is 11.3 Å². The Hall–Kier alpha value is -0.570. The van der Waals surface area contributed by atoms with Crippen LogP contribution in [0.3, 0.4) is 0 Å². The Morgan fingerprint density at radius 3 is 2.64 bits per heavy atom. The number of aryl methyl sites for hydroxylation is 1. The van der Waals surface area contributed by atoms with E-state index in [2.05, 4.69) is 4.98 Å². The SMILES string of the molecule is Cc1scnc1-c1ccc(Cl)cc1Cl. The van der Waals surface area contributed by atoms with Crippen LogP contribution in [0.2, 0.25) is 10.0 Å². The Bertz CT molecular complexity index is 465. The highest BCUT2D eigenvalue weighted by atomic mass is 35.5. The van der Waals surface area contributed by atoms with Crippen molar-refractivity contribution in [2.75, 3.05) is 0 Å². The highest BCUT2D eigenvalue weighted by molar-refractivity contribution is 7.10. The van der Waals surface area contributed by atoms with Gasteiger partial charge in [0.15, 0.2) is 0 Å². The summed E-state index contributed by atoms with van der Waals surface area (Å²) < 4.78 is 0. The molecule has 0 radical (unpaired) electrons. The van der Waals surface area contributed by atoms with Gasteiger partial charge in [0, 0.05) is 15.5 Å². The molecule has 0 saturated heterocycles. The number of hydrogen-bond donors (Lipinski definition) is 0. The summed E-state index contributed by atoms with van der Waals surface area (Å²) in [6, 6.07) is 5.45. The van der Waals surface area contributed by atoms with Crippen molar-refractivity contribution in [3.63, 3.8) is 0 Å². The van der Waals surface area contributed by atoms with Crippen molar-refractivity contribution < 1.29 is 0 Å². The molecule has 2 rings (SSSR count). The fourth-order valence-electron chi connectivity index (χ4n) is 1.25. The maximum absolute atomic E-state index is 6.07. The monoisotopic (exact) mass is 243 g/mol. The quantitative estimate of drug-likeness (QED) is 0.723. The third-order valence-corrected chi connectivity index (χ3v) is 3.24. The van der Waals surface area contributed by atoms with Gasteiger partial charge in [0.1, 0.15) is 0 Å². The Morgan fingerprint density at radius 1 is 1.29 bits per heavy atom. The highest BCUT2D eigenvalue weighted by Gasteiger charge is 2.08. The lowest BCUT2D eigenvalue weighted by Gasteiger charge is -2.02. The molecule has 0 fully saturated rings. The largest absolute Gasteiger partial charge is 0.244 e. The lowest BCUT2D eigenvalue weighted by atomic mass is 10.1. The van der Waals surface area contributed by atoms with E-state index in [1.165, 1.54) is 0 Å². The van der Waals surface area contributed by atoms with Crippen molar-refractivity contribution in [2.45, 2.75) is 6.92 Å². The van der Waals surface area contributed by atoms with Gasteiger partial charge in [-0.3, -0.25) is 0 Å². The normalized spacial score (nSPS) is 10.5. The molecule has 0 saturated carbocycles. The Labute approximate surface area is 96.3 Å². The molecule has 0 amide bonds. The highest BCUT2D eigenvalue weighted by Crippen LogP contribution is 2.32. The van der Waals surface area contributed by atoms with Gasteiger partial charge in [-0.05, 0) is 25.1 Å². The van der Waals surface area contributed by atoms with E-state index in [-0.39, 0.29) is 0 Å². The van der Waals surface area contributed by atoms with Gasteiger partial charge in [-0.1, -0.05) is 23.2 Å². The number of hydrogen-bond acceptors (Lipinski definition) is 2. The molecule has 2 aromatic rings. The van der Waals surface area contributed by atoms with Crippen molar-refractivity contribution >= 4 is 34.5 Å². The van der Waals surface area contributed by atoms with E-state index in [1.807, 2.05) is 24.6 Å². The summed E-state index contributed by atoms with van der Waals surface area (Å²) in [5.41, 5.74) is 3.70. The van der Waals surface area contributed by atoms with Gasteiger partial charge >= 0.3 is 0 Å². The van der Waals surface area contributed by atoms with E-state index >= 15 is 0 Å². The first kappa shape index (κ1) is 9.97. The first-order chi connectivity index (χ1) is 6.68. The van der Waals surface area contributed by atoms with Crippen LogP contribution >= 0.6 is 34.5 Å². The Kier molecular flexibility index (Phi) is 2.77. The molecule has 0 N–H and O–H groups in total. The zero-order chi connectivity index (χ0) is 10.1. The second-order valence-electron chi connectivity index (χ2n) is 2.88. The molecule has 0 unspecified atom stereocenters. The molecular formula is C10H7Cl2NS. The molecule has 1 aromatic heterocycles. The molecule has 1 heterocycles. The minimum Gasteiger partial charge on any atom is -0.244 e. The lowest BCUT2D eigenvalue weighted by Crippen LogP contribution is -1.81. The van der Waals surface area contributed by atoms with E-state index in [0.29, 0.717) is 10.0 Å². The van der Waals surface area contributed by atoms with E-state index in [4.69, 9.17) is 23.2 Å². The first-order valence-corrected chi connectivity index (χ1v) is 5.67. The minimum absolute atomic E-state index is 0.645. The molecule has 0 aliphatic rings. The van der Waals surface area contributed by atoms with Crippen LogP contribution in [0.1, 0.15) is 4.88 Å². The molecule has 14 heavy (non-hydrogen) atoms. The summed E-state index contributed by atoms with van der Waals surface area (Å²) >= 11 is 13.5. The van der Waals surface area contributed by atoms with Crippen molar-refractivity contribution in [3.05, 3.63) is 38.6 Å². The molecule has 72 valence electrons. The van der Waals surface area contributed by atoms with Crippen LogP contribution < -0.4 is 0 Å². The van der Waals surface area contributed by atoms with E-state index in [0.717, 1.165) is 16.1 Å². The topological polar surface area (TPSA) is 12.9 Å². The van der Waals surface area contributed by atoms with Gasteiger partial charge in [-0.2, -0.15) is 0 Å². The molecule has 0 aliphatic carbocycles. The number of benzene rings is 1.